The number of benzene rings is 1. The van der Waals surface area contributed by atoms with Gasteiger partial charge < -0.3 is 5.32 Å². The Hall–Kier alpha value is -1.85. The average molecular weight is 352 g/mol. The van der Waals surface area contributed by atoms with E-state index in [1.54, 1.807) is 30.6 Å². The first-order chi connectivity index (χ1) is 11.0. The van der Waals surface area contributed by atoms with Crippen LogP contribution in [0.1, 0.15) is 34.8 Å². The number of amides is 1. The van der Waals surface area contributed by atoms with Gasteiger partial charge in [0.1, 0.15) is 0 Å². The average Bonchev–Trinajstić information content (AvgIpc) is 3.32. The summed E-state index contributed by atoms with van der Waals surface area (Å²) in [6.45, 7) is 0.671. The molecule has 23 heavy (non-hydrogen) atoms. The molecule has 5 nitrogen and oxygen atoms in total. The lowest BCUT2D eigenvalue weighted by molar-refractivity contribution is 0.0952. The summed E-state index contributed by atoms with van der Waals surface area (Å²) in [4.78, 5) is 28.3. The molecule has 0 aliphatic heterocycles. The van der Waals surface area contributed by atoms with Gasteiger partial charge in [0, 0.05) is 40.7 Å². The van der Waals surface area contributed by atoms with E-state index in [1.807, 2.05) is 0 Å². The molecular weight excluding hydrogens is 337 g/mol. The number of hydrogen-bond acceptors (Lipinski definition) is 3. The van der Waals surface area contributed by atoms with E-state index in [1.165, 1.54) is 4.57 Å². The normalized spacial score (nSPS) is 13.8. The molecule has 1 aliphatic rings. The highest BCUT2D eigenvalue weighted by molar-refractivity contribution is 6.35. The summed E-state index contributed by atoms with van der Waals surface area (Å²) in [6, 6.07) is 6.23. The third kappa shape index (κ3) is 4.12. The van der Waals surface area contributed by atoms with E-state index in [0.29, 0.717) is 34.6 Å². The van der Waals surface area contributed by atoms with Crippen LogP contribution in [0.15, 0.2) is 35.4 Å². The van der Waals surface area contributed by atoms with Crippen molar-refractivity contribution in [1.82, 2.24) is 14.9 Å². The molecule has 0 radical (unpaired) electrons. The molecular formula is C16H15Cl2N3O2. The fraction of sp³-hybridized carbons (Fsp3) is 0.312. The van der Waals surface area contributed by atoms with Crippen LogP contribution in [-0.2, 0) is 6.54 Å². The van der Waals surface area contributed by atoms with Crippen LogP contribution in [0.5, 0.6) is 0 Å². The number of carbonyl (C=O) groups is 1. The number of halogens is 2. The number of rotatable bonds is 5. The van der Waals surface area contributed by atoms with Gasteiger partial charge in [0.2, 0.25) is 0 Å². The second kappa shape index (κ2) is 6.72. The van der Waals surface area contributed by atoms with E-state index < -0.39 is 0 Å². The van der Waals surface area contributed by atoms with Crippen LogP contribution in [0.3, 0.4) is 0 Å². The van der Waals surface area contributed by atoms with Crippen molar-refractivity contribution in [1.29, 1.82) is 0 Å². The topological polar surface area (TPSA) is 64.0 Å². The van der Waals surface area contributed by atoms with E-state index in [0.717, 1.165) is 18.5 Å². The summed E-state index contributed by atoms with van der Waals surface area (Å²) in [6.07, 6.45) is 3.75. The Bertz CT molecular complexity index is 780. The van der Waals surface area contributed by atoms with Crippen molar-refractivity contribution in [3.63, 3.8) is 0 Å². The second-order valence-electron chi connectivity index (χ2n) is 5.53. The maximum absolute atomic E-state index is 12.0. The van der Waals surface area contributed by atoms with E-state index in [2.05, 4.69) is 10.3 Å². The molecule has 1 saturated carbocycles. The number of aromatic nitrogens is 2. The van der Waals surface area contributed by atoms with Crippen LogP contribution in [0, 0.1) is 0 Å². The molecule has 1 aromatic carbocycles. The smallest absolute Gasteiger partial charge is 0.253 e. The summed E-state index contributed by atoms with van der Waals surface area (Å²) >= 11 is 11.7. The summed E-state index contributed by atoms with van der Waals surface area (Å²) < 4.78 is 1.48. The minimum atomic E-state index is -0.287. The molecule has 3 rings (SSSR count). The first kappa shape index (κ1) is 16.0. The van der Waals surface area contributed by atoms with Gasteiger partial charge in [-0.15, -0.1) is 0 Å². The zero-order valence-electron chi connectivity index (χ0n) is 12.3. The Morgan fingerprint density at radius 3 is 2.52 bits per heavy atom. The minimum absolute atomic E-state index is 0.0954. The maximum Gasteiger partial charge on any atom is 0.253 e. The molecule has 1 aliphatic carbocycles. The molecule has 1 N–H and O–H groups in total. The Kier molecular flexibility index (Phi) is 4.68. The zero-order valence-corrected chi connectivity index (χ0v) is 13.8. The highest BCUT2D eigenvalue weighted by atomic mass is 35.5. The van der Waals surface area contributed by atoms with Crippen molar-refractivity contribution in [2.24, 2.45) is 0 Å². The fourth-order valence-electron chi connectivity index (χ4n) is 2.29. The number of nitrogens with zero attached hydrogens (tertiary/aromatic N) is 2. The van der Waals surface area contributed by atoms with Crippen molar-refractivity contribution in [2.45, 2.75) is 25.3 Å². The number of nitrogens with one attached hydrogen (secondary N) is 1. The third-order valence-electron chi connectivity index (χ3n) is 3.66. The Morgan fingerprint density at radius 2 is 1.91 bits per heavy atom. The first-order valence-electron chi connectivity index (χ1n) is 7.33. The van der Waals surface area contributed by atoms with Gasteiger partial charge in [0.15, 0.2) is 0 Å². The zero-order chi connectivity index (χ0) is 16.4. The molecule has 0 saturated heterocycles. The number of carbonyl (C=O) groups excluding carboxylic acids is 1. The molecule has 0 bridgehead atoms. The first-order valence-corrected chi connectivity index (χ1v) is 8.09. The molecule has 2 aromatic rings. The largest absolute Gasteiger partial charge is 0.350 e. The van der Waals surface area contributed by atoms with Crippen molar-refractivity contribution in [2.75, 3.05) is 6.54 Å². The Balaban J connectivity index is 1.58. The summed E-state index contributed by atoms with van der Waals surface area (Å²) in [5, 5.41) is 3.54. The molecule has 1 amide bonds. The van der Waals surface area contributed by atoms with Crippen molar-refractivity contribution < 1.29 is 4.79 Å². The Labute approximate surface area is 143 Å². The van der Waals surface area contributed by atoms with E-state index >= 15 is 0 Å². The van der Waals surface area contributed by atoms with Gasteiger partial charge in [-0.25, -0.2) is 4.98 Å². The van der Waals surface area contributed by atoms with Gasteiger partial charge in [0.05, 0.1) is 12.0 Å². The van der Waals surface area contributed by atoms with Crippen LogP contribution in [-0.4, -0.2) is 22.0 Å². The predicted molar refractivity (Wildman–Crippen MR) is 89.3 cm³/mol. The Morgan fingerprint density at radius 1 is 1.22 bits per heavy atom. The summed E-state index contributed by atoms with van der Waals surface area (Å²) in [7, 11) is 0. The van der Waals surface area contributed by atoms with Gasteiger partial charge in [0.25, 0.3) is 11.5 Å². The summed E-state index contributed by atoms with van der Waals surface area (Å²) in [5.41, 5.74) is 1.16. The van der Waals surface area contributed by atoms with Gasteiger partial charge in [-0.05, 0) is 31.0 Å². The molecule has 1 heterocycles. The van der Waals surface area contributed by atoms with E-state index in [9.17, 15) is 9.59 Å². The van der Waals surface area contributed by atoms with Crippen molar-refractivity contribution >= 4 is 29.1 Å². The van der Waals surface area contributed by atoms with Gasteiger partial charge in [-0.3, -0.25) is 14.2 Å². The van der Waals surface area contributed by atoms with E-state index in [-0.39, 0.29) is 11.5 Å². The molecule has 0 atom stereocenters. The quantitative estimate of drug-likeness (QED) is 0.900. The van der Waals surface area contributed by atoms with Crippen molar-refractivity contribution in [3.05, 3.63) is 62.2 Å². The SMILES string of the molecule is O=C(NCCn1cnc(C2CC2)cc1=O)c1cc(Cl)cc(Cl)c1. The molecule has 7 heteroatoms. The number of hydrogen-bond donors (Lipinski definition) is 1. The molecule has 1 aromatic heterocycles. The minimum Gasteiger partial charge on any atom is -0.350 e. The third-order valence-corrected chi connectivity index (χ3v) is 4.10. The molecule has 0 unspecified atom stereocenters. The van der Waals surface area contributed by atoms with Crippen LogP contribution in [0.2, 0.25) is 10.0 Å². The highest BCUT2D eigenvalue weighted by Crippen LogP contribution is 2.38. The predicted octanol–water partition coefficient (Wildman–Crippen LogP) is 2.86. The molecule has 0 spiro atoms. The summed E-state index contributed by atoms with van der Waals surface area (Å²) in [5.74, 6) is 0.162. The monoisotopic (exact) mass is 351 g/mol. The van der Waals surface area contributed by atoms with Crippen LogP contribution in [0.25, 0.3) is 0 Å². The lowest BCUT2D eigenvalue weighted by Crippen LogP contribution is -2.31. The van der Waals surface area contributed by atoms with Gasteiger partial charge >= 0.3 is 0 Å². The van der Waals surface area contributed by atoms with Gasteiger partial charge in [-0.1, -0.05) is 23.2 Å². The fourth-order valence-corrected chi connectivity index (χ4v) is 2.81. The van der Waals surface area contributed by atoms with Gasteiger partial charge in [-0.2, -0.15) is 0 Å². The standard InChI is InChI=1S/C16H15Cl2N3O2/c17-12-5-11(6-13(18)7-12)16(23)19-3-4-21-9-20-14(8-15(21)22)10-1-2-10/h5-10H,1-4H2,(H,19,23). The second-order valence-corrected chi connectivity index (χ2v) is 6.41. The van der Waals surface area contributed by atoms with Crippen LogP contribution >= 0.6 is 23.2 Å². The van der Waals surface area contributed by atoms with E-state index in [4.69, 9.17) is 23.2 Å². The van der Waals surface area contributed by atoms with Crippen LogP contribution in [0.4, 0.5) is 0 Å². The lowest BCUT2D eigenvalue weighted by Gasteiger charge is -2.08. The van der Waals surface area contributed by atoms with Crippen LogP contribution < -0.4 is 10.9 Å². The molecule has 1 fully saturated rings. The molecule has 120 valence electrons. The maximum atomic E-state index is 12.0. The highest BCUT2D eigenvalue weighted by Gasteiger charge is 2.25. The lowest BCUT2D eigenvalue weighted by atomic mass is 10.2. The van der Waals surface area contributed by atoms with Crippen molar-refractivity contribution in [3.8, 4) is 0 Å².